The highest BCUT2D eigenvalue weighted by molar-refractivity contribution is 6.05. The molecule has 2 N–H and O–H groups in total. The summed E-state index contributed by atoms with van der Waals surface area (Å²) in [5.74, 6) is -5.80. The van der Waals surface area contributed by atoms with E-state index >= 15 is 0 Å². The number of likely N-dealkylation sites (tertiary alicyclic amines) is 2. The smallest absolute Gasteiger partial charge is 0.332 e. The lowest BCUT2D eigenvalue weighted by Crippen LogP contribution is -2.47. The van der Waals surface area contributed by atoms with Crippen LogP contribution in [0.2, 0.25) is 0 Å². The number of carboxylic acid groups (broad SMARTS) is 2. The number of carbonyl (C=O) groups is 8. The summed E-state index contributed by atoms with van der Waals surface area (Å²) < 4.78 is 10.2. The molecule has 2 atom stereocenters. The zero-order valence-electron chi connectivity index (χ0n) is 23.0. The summed E-state index contributed by atoms with van der Waals surface area (Å²) in [7, 11) is 0. The van der Waals surface area contributed by atoms with E-state index in [-0.39, 0.29) is 51.4 Å². The van der Waals surface area contributed by atoms with Gasteiger partial charge in [0.05, 0.1) is 0 Å². The van der Waals surface area contributed by atoms with Gasteiger partial charge >= 0.3 is 23.9 Å². The maximum Gasteiger partial charge on any atom is 0.332 e. The molecule has 14 nitrogen and oxygen atoms in total. The SMILES string of the molecule is O=C(O)CCCCCCC(C(=O)OCOC(=O)C(CCCCCCC(=O)O)N1C(=O)CCC1=O)N1C(=O)CCC1=O. The van der Waals surface area contributed by atoms with Crippen molar-refractivity contribution in [2.75, 3.05) is 6.79 Å². The molecular formula is C27H38N2O12. The molecule has 41 heavy (non-hydrogen) atoms. The predicted molar refractivity (Wildman–Crippen MR) is 137 cm³/mol. The highest BCUT2D eigenvalue weighted by Crippen LogP contribution is 2.23. The van der Waals surface area contributed by atoms with E-state index in [9.17, 15) is 38.4 Å². The van der Waals surface area contributed by atoms with Crippen LogP contribution in [-0.2, 0) is 47.8 Å². The van der Waals surface area contributed by atoms with Crippen molar-refractivity contribution in [3.8, 4) is 0 Å². The highest BCUT2D eigenvalue weighted by Gasteiger charge is 2.41. The zero-order valence-corrected chi connectivity index (χ0v) is 23.0. The molecule has 2 aliphatic rings. The third kappa shape index (κ3) is 10.9. The van der Waals surface area contributed by atoms with Gasteiger partial charge in [-0.3, -0.25) is 38.6 Å². The maximum atomic E-state index is 12.9. The van der Waals surface area contributed by atoms with Gasteiger partial charge in [0.15, 0.2) is 0 Å². The molecule has 14 heteroatoms. The number of hydrogen-bond acceptors (Lipinski definition) is 10. The second-order valence-corrected chi connectivity index (χ2v) is 10.1. The van der Waals surface area contributed by atoms with E-state index in [1.54, 1.807) is 0 Å². The fourth-order valence-corrected chi connectivity index (χ4v) is 4.86. The van der Waals surface area contributed by atoms with E-state index in [1.807, 2.05) is 0 Å². The van der Waals surface area contributed by atoms with Crippen molar-refractivity contribution in [1.82, 2.24) is 9.80 Å². The summed E-state index contributed by atoms with van der Waals surface area (Å²) in [5.41, 5.74) is 0. The number of nitrogens with zero attached hydrogens (tertiary/aromatic N) is 2. The van der Waals surface area contributed by atoms with Crippen molar-refractivity contribution in [1.29, 1.82) is 0 Å². The molecule has 0 aromatic heterocycles. The first kappa shape index (κ1) is 33.4. The quantitative estimate of drug-likeness (QED) is 0.0915. The number of esters is 2. The van der Waals surface area contributed by atoms with Gasteiger partial charge in [-0.2, -0.15) is 0 Å². The molecule has 0 aromatic carbocycles. The molecule has 0 spiro atoms. The number of imide groups is 2. The Hall–Kier alpha value is -3.84. The molecule has 2 unspecified atom stereocenters. The van der Waals surface area contributed by atoms with Crippen LogP contribution in [0, 0.1) is 0 Å². The van der Waals surface area contributed by atoms with Crippen LogP contribution in [0.4, 0.5) is 0 Å². The Labute approximate surface area is 237 Å². The third-order valence-corrected chi connectivity index (χ3v) is 6.99. The summed E-state index contributed by atoms with van der Waals surface area (Å²) in [5, 5.41) is 17.5. The van der Waals surface area contributed by atoms with Crippen molar-refractivity contribution < 1.29 is 58.0 Å². The average molecular weight is 583 g/mol. The lowest BCUT2D eigenvalue weighted by molar-refractivity contribution is -0.178. The molecule has 0 aromatic rings. The van der Waals surface area contributed by atoms with Crippen molar-refractivity contribution in [2.45, 2.75) is 115 Å². The Bertz CT molecular complexity index is 900. The van der Waals surface area contributed by atoms with E-state index in [1.165, 1.54) is 0 Å². The number of carbonyl (C=O) groups excluding carboxylic acids is 6. The maximum absolute atomic E-state index is 12.9. The van der Waals surface area contributed by atoms with E-state index in [0.29, 0.717) is 51.4 Å². The molecule has 4 amide bonds. The summed E-state index contributed by atoms with van der Waals surface area (Å²) >= 11 is 0. The van der Waals surface area contributed by atoms with Crippen molar-refractivity contribution in [3.05, 3.63) is 0 Å². The summed E-state index contributed by atoms with van der Waals surface area (Å²) in [4.78, 5) is 97.8. The van der Waals surface area contributed by atoms with Gasteiger partial charge in [-0.1, -0.05) is 38.5 Å². The second-order valence-electron chi connectivity index (χ2n) is 10.1. The monoisotopic (exact) mass is 582 g/mol. The molecule has 0 radical (unpaired) electrons. The molecule has 228 valence electrons. The van der Waals surface area contributed by atoms with Gasteiger partial charge in [-0.15, -0.1) is 0 Å². The largest absolute Gasteiger partial charge is 0.481 e. The molecule has 0 aliphatic carbocycles. The van der Waals surface area contributed by atoms with Crippen LogP contribution in [0.25, 0.3) is 0 Å². The number of hydrogen-bond donors (Lipinski definition) is 2. The molecule has 2 aliphatic heterocycles. The van der Waals surface area contributed by atoms with E-state index < -0.39 is 66.4 Å². The molecule has 2 heterocycles. The molecule has 0 saturated carbocycles. The van der Waals surface area contributed by atoms with Crippen LogP contribution in [0.15, 0.2) is 0 Å². The van der Waals surface area contributed by atoms with Crippen LogP contribution in [0.3, 0.4) is 0 Å². The van der Waals surface area contributed by atoms with Crippen molar-refractivity contribution >= 4 is 47.5 Å². The first-order valence-corrected chi connectivity index (χ1v) is 14.0. The van der Waals surface area contributed by atoms with Crippen molar-refractivity contribution in [2.24, 2.45) is 0 Å². The Morgan fingerprint density at radius 2 is 0.878 bits per heavy atom. The van der Waals surface area contributed by atoms with Gasteiger partial charge < -0.3 is 19.7 Å². The lowest BCUT2D eigenvalue weighted by Gasteiger charge is -2.26. The van der Waals surface area contributed by atoms with Crippen LogP contribution in [0.5, 0.6) is 0 Å². The fraction of sp³-hybridized carbons (Fsp3) is 0.704. The minimum Gasteiger partial charge on any atom is -0.481 e. The van der Waals surface area contributed by atoms with E-state index in [4.69, 9.17) is 19.7 Å². The molecule has 2 rings (SSSR count). The normalized spacial score (nSPS) is 16.7. The predicted octanol–water partition coefficient (Wildman–Crippen LogP) is 1.92. The van der Waals surface area contributed by atoms with Gasteiger partial charge in [0, 0.05) is 38.5 Å². The van der Waals surface area contributed by atoms with Gasteiger partial charge in [-0.25, -0.2) is 9.59 Å². The number of rotatable bonds is 20. The van der Waals surface area contributed by atoms with Gasteiger partial charge in [0.2, 0.25) is 30.4 Å². The van der Waals surface area contributed by atoms with Crippen molar-refractivity contribution in [3.63, 3.8) is 0 Å². The molecule has 2 saturated heterocycles. The first-order valence-electron chi connectivity index (χ1n) is 14.0. The second kappa shape index (κ2) is 17.1. The number of unbranched alkanes of at least 4 members (excludes halogenated alkanes) is 6. The Kier molecular flexibility index (Phi) is 13.9. The number of amides is 4. The molecule has 0 bridgehead atoms. The lowest BCUT2D eigenvalue weighted by atomic mass is 10.0. The number of ether oxygens (including phenoxy) is 2. The van der Waals surface area contributed by atoms with Crippen LogP contribution in [-0.4, -0.2) is 86.4 Å². The summed E-state index contributed by atoms with van der Waals surface area (Å²) in [6, 6.07) is -2.45. The Morgan fingerprint density at radius 3 is 1.20 bits per heavy atom. The number of carboxylic acids is 2. The minimum absolute atomic E-state index is 0.0142. The average Bonchev–Trinajstić information content (AvgIpc) is 3.42. The third-order valence-electron chi connectivity index (χ3n) is 6.99. The van der Waals surface area contributed by atoms with Gasteiger partial charge in [0.25, 0.3) is 0 Å². The Morgan fingerprint density at radius 1 is 0.561 bits per heavy atom. The topological polar surface area (TPSA) is 202 Å². The van der Waals surface area contributed by atoms with Gasteiger partial charge in [-0.05, 0) is 25.7 Å². The Balaban J connectivity index is 1.93. The number of aliphatic carboxylic acids is 2. The summed E-state index contributed by atoms with van der Waals surface area (Å²) in [6.45, 7) is -0.853. The van der Waals surface area contributed by atoms with E-state index in [0.717, 1.165) is 9.80 Å². The van der Waals surface area contributed by atoms with Crippen LogP contribution in [0.1, 0.15) is 103 Å². The zero-order chi connectivity index (χ0) is 30.4. The first-order chi connectivity index (χ1) is 19.5. The highest BCUT2D eigenvalue weighted by atomic mass is 16.7. The van der Waals surface area contributed by atoms with Crippen LogP contribution < -0.4 is 0 Å². The molecule has 2 fully saturated rings. The van der Waals surface area contributed by atoms with Crippen LogP contribution >= 0.6 is 0 Å². The summed E-state index contributed by atoms with van der Waals surface area (Å²) in [6.07, 6.45) is 4.13. The van der Waals surface area contributed by atoms with E-state index in [2.05, 4.69) is 0 Å². The fourth-order valence-electron chi connectivity index (χ4n) is 4.86. The molecular weight excluding hydrogens is 544 g/mol. The van der Waals surface area contributed by atoms with Gasteiger partial charge in [0.1, 0.15) is 12.1 Å². The standard InChI is InChI=1S/C27H38N2O12/c30-20-13-14-21(31)28(20)18(9-5-1-3-7-11-24(34)35)26(38)40-17-41-27(39)19(29-22(32)15-16-23(29)33)10-6-2-4-8-12-25(36)37/h18-19H,1-17H2,(H,34,35)(H,36,37). The minimum atomic E-state index is -1.22.